The minimum Gasteiger partial charge on any atom is -0.348 e. The summed E-state index contributed by atoms with van der Waals surface area (Å²) >= 11 is 0. The van der Waals surface area contributed by atoms with Crippen molar-refractivity contribution in [1.82, 2.24) is 25.5 Å². The lowest BCUT2D eigenvalue weighted by molar-refractivity contribution is -0.118. The molecule has 0 spiro atoms. The maximum Gasteiger partial charge on any atom is 0.251 e. The van der Waals surface area contributed by atoms with Gasteiger partial charge in [0.25, 0.3) is 5.91 Å². The van der Waals surface area contributed by atoms with Crippen LogP contribution in [0.1, 0.15) is 24.1 Å². The number of allylic oxidation sites excluding steroid dienone is 1. The van der Waals surface area contributed by atoms with Gasteiger partial charge in [-0.2, -0.15) is 4.68 Å². The number of carbonyl (C=O) groups excluding carboxylic acids is 1. The number of aromatic nitrogens is 4. The maximum atomic E-state index is 13.4. The van der Waals surface area contributed by atoms with Crippen LogP contribution in [0.2, 0.25) is 0 Å². The molecule has 0 saturated heterocycles. The van der Waals surface area contributed by atoms with E-state index in [2.05, 4.69) is 26.2 Å². The Morgan fingerprint density at radius 1 is 1.19 bits per heavy atom. The highest BCUT2D eigenvalue weighted by Crippen LogP contribution is 2.34. The van der Waals surface area contributed by atoms with E-state index in [0.29, 0.717) is 23.8 Å². The molecule has 3 aromatic rings. The molecule has 136 valence electrons. The van der Waals surface area contributed by atoms with E-state index in [0.717, 1.165) is 11.1 Å². The number of nitrogens with zero attached hydrogens (tertiary/aromatic N) is 4. The van der Waals surface area contributed by atoms with Crippen molar-refractivity contribution in [2.45, 2.75) is 19.5 Å². The summed E-state index contributed by atoms with van der Waals surface area (Å²) < 4.78 is 14.9. The summed E-state index contributed by atoms with van der Waals surface area (Å²) in [6.45, 7) is 2.20. The van der Waals surface area contributed by atoms with E-state index in [-0.39, 0.29) is 11.7 Å². The van der Waals surface area contributed by atoms with E-state index in [1.54, 1.807) is 19.1 Å². The molecule has 1 unspecified atom stereocenters. The Kier molecular flexibility index (Phi) is 4.37. The van der Waals surface area contributed by atoms with Gasteiger partial charge in [0.1, 0.15) is 11.9 Å². The summed E-state index contributed by atoms with van der Waals surface area (Å²) in [7, 11) is 0. The predicted octanol–water partition coefficient (Wildman–Crippen LogP) is 2.42. The van der Waals surface area contributed by atoms with E-state index < -0.39 is 6.04 Å². The van der Waals surface area contributed by atoms with E-state index >= 15 is 0 Å². The van der Waals surface area contributed by atoms with E-state index in [1.807, 2.05) is 30.3 Å². The molecule has 2 N–H and O–H groups in total. The van der Waals surface area contributed by atoms with Crippen LogP contribution in [0, 0.1) is 5.82 Å². The van der Waals surface area contributed by atoms with Crippen LogP contribution in [0.4, 0.5) is 10.3 Å². The molecule has 0 bridgehead atoms. The monoisotopic (exact) mass is 364 g/mol. The summed E-state index contributed by atoms with van der Waals surface area (Å²) in [6, 6.07) is 15.1. The highest BCUT2D eigenvalue weighted by Gasteiger charge is 2.33. The van der Waals surface area contributed by atoms with Crippen molar-refractivity contribution < 1.29 is 9.18 Å². The quantitative estimate of drug-likeness (QED) is 0.743. The normalized spacial score (nSPS) is 15.9. The summed E-state index contributed by atoms with van der Waals surface area (Å²) in [4.78, 5) is 13.0. The summed E-state index contributed by atoms with van der Waals surface area (Å²) in [5, 5.41) is 17.6. The van der Waals surface area contributed by atoms with Crippen LogP contribution in [0.15, 0.2) is 65.9 Å². The fraction of sp³-hybridized carbons (Fsp3) is 0.158. The van der Waals surface area contributed by atoms with Gasteiger partial charge in [-0.1, -0.05) is 47.6 Å². The number of anilines is 1. The van der Waals surface area contributed by atoms with Crippen LogP contribution in [0.5, 0.6) is 0 Å². The Balaban J connectivity index is 1.67. The lowest BCUT2D eigenvalue weighted by Crippen LogP contribution is -2.34. The van der Waals surface area contributed by atoms with Crippen LogP contribution in [-0.4, -0.2) is 26.1 Å². The van der Waals surface area contributed by atoms with Crippen molar-refractivity contribution in [3.63, 3.8) is 0 Å². The van der Waals surface area contributed by atoms with E-state index in [4.69, 9.17) is 0 Å². The standard InChI is InChI=1S/C19H17FN6O/c1-12-16(18(27)21-11-13-5-3-2-4-6-13)17(14-7-9-15(20)10-8-14)26-19(22-12)23-24-25-26/h2-10,17H,11H2,1H3,(H,21,27)(H,22,23,25). The first-order chi connectivity index (χ1) is 13.1. The molecule has 1 aliphatic rings. The molecule has 2 aromatic carbocycles. The molecule has 1 aromatic heterocycles. The molecule has 0 aliphatic carbocycles. The first-order valence-electron chi connectivity index (χ1n) is 8.47. The molecule has 8 heteroatoms. The van der Waals surface area contributed by atoms with E-state index in [1.165, 1.54) is 16.8 Å². The largest absolute Gasteiger partial charge is 0.348 e. The van der Waals surface area contributed by atoms with Gasteiger partial charge < -0.3 is 10.6 Å². The molecule has 0 radical (unpaired) electrons. The van der Waals surface area contributed by atoms with Gasteiger partial charge in [-0.15, -0.1) is 0 Å². The summed E-state index contributed by atoms with van der Waals surface area (Å²) in [5.74, 6) is -0.152. The van der Waals surface area contributed by atoms with Gasteiger partial charge in [0.05, 0.1) is 5.57 Å². The molecule has 7 nitrogen and oxygen atoms in total. The zero-order valence-electron chi connectivity index (χ0n) is 14.6. The molecular weight excluding hydrogens is 347 g/mol. The second-order valence-corrected chi connectivity index (χ2v) is 6.23. The minimum atomic E-state index is -0.548. The van der Waals surface area contributed by atoms with Gasteiger partial charge >= 0.3 is 0 Å². The van der Waals surface area contributed by atoms with Crippen molar-refractivity contribution in [3.05, 3.63) is 82.8 Å². The molecule has 2 heterocycles. The third-order valence-electron chi connectivity index (χ3n) is 4.44. The number of carbonyl (C=O) groups is 1. The van der Waals surface area contributed by atoms with Gasteiger partial charge in [0.15, 0.2) is 0 Å². The second-order valence-electron chi connectivity index (χ2n) is 6.23. The molecule has 0 fully saturated rings. The number of nitrogens with one attached hydrogen (secondary N) is 2. The van der Waals surface area contributed by atoms with Crippen LogP contribution in [-0.2, 0) is 11.3 Å². The number of rotatable bonds is 4. The second kappa shape index (κ2) is 6.99. The Morgan fingerprint density at radius 3 is 2.67 bits per heavy atom. The highest BCUT2D eigenvalue weighted by molar-refractivity contribution is 5.96. The van der Waals surface area contributed by atoms with Crippen molar-refractivity contribution in [3.8, 4) is 0 Å². The van der Waals surface area contributed by atoms with Crippen molar-refractivity contribution in [2.75, 3.05) is 5.32 Å². The average molecular weight is 364 g/mol. The predicted molar refractivity (Wildman–Crippen MR) is 97.0 cm³/mol. The molecule has 4 rings (SSSR count). The molecule has 27 heavy (non-hydrogen) atoms. The van der Waals surface area contributed by atoms with Gasteiger partial charge in [0, 0.05) is 12.2 Å². The first kappa shape index (κ1) is 16.9. The van der Waals surface area contributed by atoms with E-state index in [9.17, 15) is 9.18 Å². The Bertz CT molecular complexity index is 997. The lowest BCUT2D eigenvalue weighted by atomic mass is 9.95. The topological polar surface area (TPSA) is 84.7 Å². The number of fused-ring (bicyclic) bond motifs is 1. The van der Waals surface area contributed by atoms with Gasteiger partial charge in [0.2, 0.25) is 5.95 Å². The molecule has 1 aliphatic heterocycles. The molecule has 0 saturated carbocycles. The van der Waals surface area contributed by atoms with Crippen molar-refractivity contribution >= 4 is 11.9 Å². The molecule has 1 amide bonds. The maximum absolute atomic E-state index is 13.4. The zero-order valence-corrected chi connectivity index (χ0v) is 14.6. The number of tetrazole rings is 1. The Labute approximate surface area is 154 Å². The number of halogens is 1. The van der Waals surface area contributed by atoms with Crippen LogP contribution in [0.3, 0.4) is 0 Å². The SMILES string of the molecule is CC1=C(C(=O)NCc2ccccc2)C(c2ccc(F)cc2)n2nnnc2N1. The third-order valence-corrected chi connectivity index (χ3v) is 4.44. The van der Waals surface area contributed by atoms with Crippen LogP contribution >= 0.6 is 0 Å². The number of amides is 1. The van der Waals surface area contributed by atoms with Gasteiger partial charge in [-0.25, -0.2) is 4.39 Å². The number of hydrogen-bond donors (Lipinski definition) is 2. The average Bonchev–Trinajstić information content (AvgIpc) is 3.14. The summed E-state index contributed by atoms with van der Waals surface area (Å²) in [5.41, 5.74) is 2.85. The lowest BCUT2D eigenvalue weighted by Gasteiger charge is -2.28. The summed E-state index contributed by atoms with van der Waals surface area (Å²) in [6.07, 6.45) is 0. The first-order valence-corrected chi connectivity index (χ1v) is 8.47. The number of hydrogen-bond acceptors (Lipinski definition) is 5. The molecular formula is C19H17FN6O. The highest BCUT2D eigenvalue weighted by atomic mass is 19.1. The van der Waals surface area contributed by atoms with Crippen molar-refractivity contribution in [2.24, 2.45) is 0 Å². The van der Waals surface area contributed by atoms with Crippen LogP contribution in [0.25, 0.3) is 0 Å². The zero-order chi connectivity index (χ0) is 18.8. The fourth-order valence-corrected chi connectivity index (χ4v) is 3.13. The Hall–Kier alpha value is -3.55. The molecule has 1 atom stereocenters. The van der Waals surface area contributed by atoms with Gasteiger partial charge in [-0.05, 0) is 40.6 Å². The number of benzene rings is 2. The van der Waals surface area contributed by atoms with Gasteiger partial charge in [-0.3, -0.25) is 4.79 Å². The smallest absolute Gasteiger partial charge is 0.251 e. The Morgan fingerprint density at radius 2 is 1.93 bits per heavy atom. The van der Waals surface area contributed by atoms with Crippen molar-refractivity contribution in [1.29, 1.82) is 0 Å². The van der Waals surface area contributed by atoms with Crippen LogP contribution < -0.4 is 10.6 Å². The third kappa shape index (κ3) is 3.29. The fourth-order valence-electron chi connectivity index (χ4n) is 3.13. The minimum absolute atomic E-state index is 0.237.